The minimum atomic E-state index is -0.960. The number of ether oxygens (including phenoxy) is 2. The molecule has 1 aromatic carbocycles. The van der Waals surface area contributed by atoms with Crippen LogP contribution in [-0.2, 0) is 19.1 Å². The van der Waals surface area contributed by atoms with Crippen molar-refractivity contribution in [3.8, 4) is 0 Å². The fraction of sp³-hybridized carbons (Fsp3) is 0.545. The van der Waals surface area contributed by atoms with Gasteiger partial charge in [0.1, 0.15) is 6.04 Å². The molecule has 2 N–H and O–H groups in total. The lowest BCUT2D eigenvalue weighted by Gasteiger charge is -2.40. The second-order valence-electron chi connectivity index (χ2n) is 8.12. The largest absolute Gasteiger partial charge is 0.396 e. The maximum absolute atomic E-state index is 12.9. The summed E-state index contributed by atoms with van der Waals surface area (Å²) in [7, 11) is 0. The monoisotopic (exact) mass is 445 g/mol. The van der Waals surface area contributed by atoms with Crippen LogP contribution in [0, 0.1) is 0 Å². The van der Waals surface area contributed by atoms with E-state index in [2.05, 4.69) is 10.2 Å². The van der Waals surface area contributed by atoms with E-state index in [1.165, 1.54) is 0 Å². The van der Waals surface area contributed by atoms with Crippen molar-refractivity contribution < 1.29 is 33.8 Å². The summed E-state index contributed by atoms with van der Waals surface area (Å²) in [4.78, 5) is 52.3. The van der Waals surface area contributed by atoms with Gasteiger partial charge in [-0.05, 0) is 37.5 Å². The average molecular weight is 445 g/mol. The third-order valence-electron chi connectivity index (χ3n) is 5.87. The summed E-state index contributed by atoms with van der Waals surface area (Å²) in [5.41, 5.74) is 1.38. The van der Waals surface area contributed by atoms with E-state index in [1.807, 2.05) is 0 Å². The van der Waals surface area contributed by atoms with Gasteiger partial charge in [-0.25, -0.2) is 0 Å². The minimum absolute atomic E-state index is 0.0954. The number of rotatable bonds is 10. The van der Waals surface area contributed by atoms with E-state index >= 15 is 0 Å². The molecule has 1 aromatic rings. The predicted molar refractivity (Wildman–Crippen MR) is 112 cm³/mol. The van der Waals surface area contributed by atoms with Crippen molar-refractivity contribution in [3.05, 3.63) is 29.3 Å². The van der Waals surface area contributed by atoms with Gasteiger partial charge in [-0.15, -0.1) is 0 Å². The van der Waals surface area contributed by atoms with Crippen molar-refractivity contribution in [2.45, 2.75) is 37.8 Å². The molecule has 10 nitrogen and oxygen atoms in total. The third kappa shape index (κ3) is 4.52. The van der Waals surface area contributed by atoms with Crippen molar-refractivity contribution in [2.75, 3.05) is 44.4 Å². The van der Waals surface area contributed by atoms with Gasteiger partial charge in [0.05, 0.1) is 17.2 Å². The second kappa shape index (κ2) is 9.76. The van der Waals surface area contributed by atoms with Crippen LogP contribution in [0.2, 0.25) is 0 Å². The van der Waals surface area contributed by atoms with Crippen LogP contribution >= 0.6 is 0 Å². The maximum Gasteiger partial charge on any atom is 0.262 e. The Bertz CT molecular complexity index is 913. The van der Waals surface area contributed by atoms with Crippen LogP contribution in [0.1, 0.15) is 46.4 Å². The Hall–Kier alpha value is -2.82. The summed E-state index contributed by atoms with van der Waals surface area (Å²) in [6, 6.07) is 4.14. The summed E-state index contributed by atoms with van der Waals surface area (Å²) < 4.78 is 11.2. The molecule has 10 heteroatoms. The second-order valence-corrected chi connectivity index (χ2v) is 8.12. The number of nitrogens with one attached hydrogen (secondary N) is 1. The first-order valence-electron chi connectivity index (χ1n) is 10.9. The highest BCUT2D eigenvalue weighted by Gasteiger charge is 2.45. The number of nitrogens with zero attached hydrogens (tertiary/aromatic N) is 2. The topological polar surface area (TPSA) is 125 Å². The molecule has 172 valence electrons. The molecule has 4 amide bonds. The first-order valence-corrected chi connectivity index (χ1v) is 10.9. The Morgan fingerprint density at radius 1 is 1.00 bits per heavy atom. The van der Waals surface area contributed by atoms with Crippen LogP contribution in [0.4, 0.5) is 5.69 Å². The zero-order chi connectivity index (χ0) is 22.7. The van der Waals surface area contributed by atoms with Gasteiger partial charge in [0.25, 0.3) is 11.8 Å². The molecule has 3 aliphatic heterocycles. The van der Waals surface area contributed by atoms with Gasteiger partial charge in [-0.1, -0.05) is 0 Å². The standard InChI is InChI=1S/C22H27N3O7/c26-7-1-8-31-9-2-10-32-15-12-24(13-15)14-3-4-16-17(11-14)22(30)25(21(16)29)18-5-6-19(27)23-20(18)28/h3-4,11,15,18,26H,1-2,5-10,12-13H2,(H,23,27,28). The van der Waals surface area contributed by atoms with Crippen molar-refractivity contribution in [3.63, 3.8) is 0 Å². The van der Waals surface area contributed by atoms with Gasteiger partial charge < -0.3 is 19.5 Å². The van der Waals surface area contributed by atoms with E-state index in [-0.39, 0.29) is 36.7 Å². The number of amides is 4. The molecule has 0 bridgehead atoms. The van der Waals surface area contributed by atoms with E-state index in [1.54, 1.807) is 18.2 Å². The molecule has 0 saturated carbocycles. The Balaban J connectivity index is 1.29. The number of hydrogen-bond acceptors (Lipinski definition) is 8. The molecular weight excluding hydrogens is 418 g/mol. The number of aliphatic hydroxyl groups excluding tert-OH is 1. The van der Waals surface area contributed by atoms with Crippen LogP contribution in [-0.4, -0.2) is 85.3 Å². The van der Waals surface area contributed by atoms with Crippen LogP contribution in [0.25, 0.3) is 0 Å². The summed E-state index contributed by atoms with van der Waals surface area (Å²) in [6.45, 7) is 3.24. The van der Waals surface area contributed by atoms with Gasteiger partial charge in [0.2, 0.25) is 11.8 Å². The number of aliphatic hydroxyl groups is 1. The van der Waals surface area contributed by atoms with E-state index in [9.17, 15) is 19.2 Å². The highest BCUT2D eigenvalue weighted by molar-refractivity contribution is 6.23. The Morgan fingerprint density at radius 3 is 2.50 bits per heavy atom. The van der Waals surface area contributed by atoms with Crippen molar-refractivity contribution in [2.24, 2.45) is 0 Å². The molecule has 1 atom stereocenters. The van der Waals surface area contributed by atoms with Crippen molar-refractivity contribution in [1.82, 2.24) is 10.2 Å². The highest BCUT2D eigenvalue weighted by Crippen LogP contribution is 2.32. The number of carbonyl (C=O) groups excluding carboxylic acids is 4. The molecule has 2 saturated heterocycles. The number of benzene rings is 1. The van der Waals surface area contributed by atoms with Gasteiger partial charge in [-0.3, -0.25) is 29.4 Å². The van der Waals surface area contributed by atoms with Crippen molar-refractivity contribution >= 4 is 29.3 Å². The Labute approximate surface area is 185 Å². The van der Waals surface area contributed by atoms with E-state index < -0.39 is 29.7 Å². The lowest BCUT2D eigenvalue weighted by molar-refractivity contribution is -0.136. The lowest BCUT2D eigenvalue weighted by Crippen LogP contribution is -2.54. The van der Waals surface area contributed by atoms with Crippen LogP contribution < -0.4 is 10.2 Å². The number of piperidine rings is 1. The molecule has 3 aliphatic rings. The smallest absolute Gasteiger partial charge is 0.262 e. The van der Waals surface area contributed by atoms with Crippen LogP contribution in [0.3, 0.4) is 0 Å². The fourth-order valence-corrected chi connectivity index (χ4v) is 4.09. The molecule has 3 heterocycles. The summed E-state index contributed by atoms with van der Waals surface area (Å²) in [5.74, 6) is -2.01. The predicted octanol–water partition coefficient (Wildman–Crippen LogP) is 0.0821. The molecular formula is C22H27N3O7. The quantitative estimate of drug-likeness (QED) is 0.383. The first-order chi connectivity index (χ1) is 15.5. The van der Waals surface area contributed by atoms with E-state index in [0.717, 1.165) is 17.0 Å². The maximum atomic E-state index is 12.9. The molecule has 4 rings (SSSR count). The lowest BCUT2D eigenvalue weighted by atomic mass is 10.0. The summed E-state index contributed by atoms with van der Waals surface area (Å²) in [5, 5.41) is 10.9. The van der Waals surface area contributed by atoms with Crippen molar-refractivity contribution in [1.29, 1.82) is 0 Å². The Morgan fingerprint density at radius 2 is 1.75 bits per heavy atom. The van der Waals surface area contributed by atoms with Crippen LogP contribution in [0.15, 0.2) is 18.2 Å². The molecule has 0 spiro atoms. The number of imide groups is 2. The molecule has 2 fully saturated rings. The highest BCUT2D eigenvalue weighted by atomic mass is 16.5. The van der Waals surface area contributed by atoms with Gasteiger partial charge in [-0.2, -0.15) is 0 Å². The van der Waals surface area contributed by atoms with E-state index in [0.29, 0.717) is 39.3 Å². The van der Waals surface area contributed by atoms with E-state index in [4.69, 9.17) is 14.6 Å². The minimum Gasteiger partial charge on any atom is -0.396 e. The molecule has 1 unspecified atom stereocenters. The molecule has 0 radical (unpaired) electrons. The normalized spacial score (nSPS) is 21.1. The molecule has 32 heavy (non-hydrogen) atoms. The third-order valence-corrected chi connectivity index (χ3v) is 5.87. The molecule has 0 aliphatic carbocycles. The average Bonchev–Trinajstić information content (AvgIpc) is 2.99. The first kappa shape index (κ1) is 22.4. The number of hydrogen-bond donors (Lipinski definition) is 2. The number of carbonyl (C=O) groups is 4. The molecule has 0 aromatic heterocycles. The SMILES string of the molecule is O=C1CCC(N2C(=O)c3ccc(N4CC(OCCCOCCCO)C4)cc3C2=O)C(=O)N1. The van der Waals surface area contributed by atoms with Gasteiger partial charge in [0, 0.05) is 51.6 Å². The van der Waals surface area contributed by atoms with Crippen LogP contribution in [0.5, 0.6) is 0 Å². The zero-order valence-electron chi connectivity index (χ0n) is 17.7. The fourth-order valence-electron chi connectivity index (χ4n) is 4.09. The summed E-state index contributed by atoms with van der Waals surface area (Å²) >= 11 is 0. The summed E-state index contributed by atoms with van der Waals surface area (Å²) in [6.07, 6.45) is 1.75. The van der Waals surface area contributed by atoms with Gasteiger partial charge >= 0.3 is 0 Å². The Kier molecular flexibility index (Phi) is 6.83. The van der Waals surface area contributed by atoms with Gasteiger partial charge in [0.15, 0.2) is 0 Å². The number of anilines is 1. The number of fused-ring (bicyclic) bond motifs is 1. The zero-order valence-corrected chi connectivity index (χ0v) is 17.7.